The predicted molar refractivity (Wildman–Crippen MR) is 73.7 cm³/mol. The number of likely N-dealkylation sites (tertiary alicyclic amines) is 1. The second kappa shape index (κ2) is 5.27. The van der Waals surface area contributed by atoms with Crippen molar-refractivity contribution in [2.75, 3.05) is 18.8 Å². The fourth-order valence-corrected chi connectivity index (χ4v) is 2.57. The standard InChI is InChI=1S/C15H23FN2/c1-15(2)6-3-8-18(9-7-15)11-12-4-5-13(17)10-14(12)16/h4-5,10H,3,6-9,11,17H2,1-2H3. The van der Waals surface area contributed by atoms with Gasteiger partial charge in [-0.15, -0.1) is 0 Å². The first-order valence-electron chi connectivity index (χ1n) is 6.73. The van der Waals surface area contributed by atoms with Gasteiger partial charge in [0.25, 0.3) is 0 Å². The zero-order valence-electron chi connectivity index (χ0n) is 11.4. The molecule has 18 heavy (non-hydrogen) atoms. The van der Waals surface area contributed by atoms with Crippen molar-refractivity contribution < 1.29 is 4.39 Å². The Kier molecular flexibility index (Phi) is 3.91. The normalized spacial score (nSPS) is 20.6. The molecule has 0 amide bonds. The SMILES string of the molecule is CC1(C)CCCN(Cc2ccc(N)cc2F)CC1. The second-order valence-electron chi connectivity index (χ2n) is 6.14. The van der Waals surface area contributed by atoms with Gasteiger partial charge in [-0.25, -0.2) is 4.39 Å². The van der Waals surface area contributed by atoms with E-state index < -0.39 is 0 Å². The molecule has 0 radical (unpaired) electrons. The molecular formula is C15H23FN2. The molecule has 1 aliphatic heterocycles. The van der Waals surface area contributed by atoms with Crippen LogP contribution in [0, 0.1) is 11.2 Å². The number of nitrogens with two attached hydrogens (primary N) is 1. The molecule has 0 aromatic heterocycles. The monoisotopic (exact) mass is 250 g/mol. The molecule has 1 aromatic carbocycles. The minimum atomic E-state index is -0.182. The van der Waals surface area contributed by atoms with Gasteiger partial charge in [0.05, 0.1) is 0 Å². The van der Waals surface area contributed by atoms with Crippen molar-refractivity contribution >= 4 is 5.69 Å². The molecule has 1 aromatic rings. The largest absolute Gasteiger partial charge is 0.399 e. The molecule has 1 fully saturated rings. The smallest absolute Gasteiger partial charge is 0.129 e. The van der Waals surface area contributed by atoms with Gasteiger partial charge in [-0.1, -0.05) is 19.9 Å². The third-order valence-corrected chi connectivity index (χ3v) is 3.90. The lowest BCUT2D eigenvalue weighted by Crippen LogP contribution is -2.25. The second-order valence-corrected chi connectivity index (χ2v) is 6.14. The Morgan fingerprint density at radius 1 is 1.28 bits per heavy atom. The van der Waals surface area contributed by atoms with Crippen LogP contribution in [0.15, 0.2) is 18.2 Å². The van der Waals surface area contributed by atoms with Crippen molar-refractivity contribution in [1.29, 1.82) is 0 Å². The third kappa shape index (κ3) is 3.45. The number of rotatable bonds is 2. The highest BCUT2D eigenvalue weighted by Gasteiger charge is 2.23. The quantitative estimate of drug-likeness (QED) is 0.815. The first-order chi connectivity index (χ1) is 8.46. The first kappa shape index (κ1) is 13.3. The van der Waals surface area contributed by atoms with Crippen LogP contribution in [-0.4, -0.2) is 18.0 Å². The summed E-state index contributed by atoms with van der Waals surface area (Å²) in [5, 5.41) is 0. The van der Waals surface area contributed by atoms with Crippen LogP contribution in [0.3, 0.4) is 0 Å². The summed E-state index contributed by atoms with van der Waals surface area (Å²) in [5.41, 5.74) is 7.24. The van der Waals surface area contributed by atoms with Crippen LogP contribution >= 0.6 is 0 Å². The maximum Gasteiger partial charge on any atom is 0.129 e. The molecule has 0 unspecified atom stereocenters. The van der Waals surface area contributed by atoms with E-state index in [1.165, 1.54) is 25.3 Å². The van der Waals surface area contributed by atoms with Crippen molar-refractivity contribution in [3.05, 3.63) is 29.6 Å². The van der Waals surface area contributed by atoms with Gasteiger partial charge in [0.1, 0.15) is 5.82 Å². The van der Waals surface area contributed by atoms with Crippen molar-refractivity contribution in [1.82, 2.24) is 4.90 Å². The van der Waals surface area contributed by atoms with E-state index in [0.717, 1.165) is 18.7 Å². The number of nitrogen functional groups attached to an aromatic ring is 1. The van der Waals surface area contributed by atoms with Gasteiger partial charge in [-0.05, 0) is 49.9 Å². The van der Waals surface area contributed by atoms with Gasteiger partial charge in [-0.3, -0.25) is 4.90 Å². The van der Waals surface area contributed by atoms with Crippen LogP contribution < -0.4 is 5.73 Å². The summed E-state index contributed by atoms with van der Waals surface area (Å²) in [6.07, 6.45) is 3.64. The number of hydrogen-bond acceptors (Lipinski definition) is 2. The molecule has 2 N–H and O–H groups in total. The summed E-state index contributed by atoms with van der Waals surface area (Å²) >= 11 is 0. The fraction of sp³-hybridized carbons (Fsp3) is 0.600. The van der Waals surface area contributed by atoms with Crippen LogP contribution in [0.25, 0.3) is 0 Å². The zero-order valence-corrected chi connectivity index (χ0v) is 11.4. The van der Waals surface area contributed by atoms with E-state index in [4.69, 9.17) is 5.73 Å². The number of anilines is 1. The van der Waals surface area contributed by atoms with E-state index in [1.807, 2.05) is 0 Å². The van der Waals surface area contributed by atoms with Crippen molar-refractivity contribution in [3.63, 3.8) is 0 Å². The number of halogens is 1. The van der Waals surface area contributed by atoms with Crippen molar-refractivity contribution in [3.8, 4) is 0 Å². The third-order valence-electron chi connectivity index (χ3n) is 3.90. The van der Waals surface area contributed by atoms with Crippen LogP contribution in [0.1, 0.15) is 38.7 Å². The molecule has 100 valence electrons. The van der Waals surface area contributed by atoms with Crippen LogP contribution in [0.2, 0.25) is 0 Å². The van der Waals surface area contributed by atoms with E-state index in [-0.39, 0.29) is 5.82 Å². The van der Waals surface area contributed by atoms with Gasteiger partial charge in [0.2, 0.25) is 0 Å². The topological polar surface area (TPSA) is 29.3 Å². The molecular weight excluding hydrogens is 227 g/mol. The van der Waals surface area contributed by atoms with E-state index >= 15 is 0 Å². The maximum atomic E-state index is 13.8. The van der Waals surface area contributed by atoms with Gasteiger partial charge >= 0.3 is 0 Å². The molecule has 1 heterocycles. The number of nitrogens with zero attached hydrogens (tertiary/aromatic N) is 1. The maximum absolute atomic E-state index is 13.8. The summed E-state index contributed by atoms with van der Waals surface area (Å²) in [6, 6.07) is 5.00. The average Bonchev–Trinajstić information content (AvgIpc) is 2.44. The van der Waals surface area contributed by atoms with Crippen LogP contribution in [0.4, 0.5) is 10.1 Å². The van der Waals surface area contributed by atoms with Crippen molar-refractivity contribution in [2.24, 2.45) is 5.41 Å². The molecule has 0 saturated carbocycles. The van der Waals surface area contributed by atoms with Gasteiger partial charge < -0.3 is 5.73 Å². The van der Waals surface area contributed by atoms with Crippen molar-refractivity contribution in [2.45, 2.75) is 39.7 Å². The van der Waals surface area contributed by atoms with Gasteiger partial charge in [0.15, 0.2) is 0 Å². The molecule has 1 saturated heterocycles. The minimum absolute atomic E-state index is 0.182. The molecule has 0 spiro atoms. The molecule has 0 atom stereocenters. The summed E-state index contributed by atoms with van der Waals surface area (Å²) in [7, 11) is 0. The highest BCUT2D eigenvalue weighted by atomic mass is 19.1. The van der Waals surface area contributed by atoms with Gasteiger partial charge in [-0.2, -0.15) is 0 Å². The summed E-state index contributed by atoms with van der Waals surface area (Å²) in [6.45, 7) is 7.45. The lowest BCUT2D eigenvalue weighted by Gasteiger charge is -2.23. The summed E-state index contributed by atoms with van der Waals surface area (Å²) < 4.78 is 13.8. The molecule has 0 aliphatic carbocycles. The Morgan fingerprint density at radius 2 is 2.06 bits per heavy atom. The van der Waals surface area contributed by atoms with Crippen LogP contribution in [-0.2, 0) is 6.54 Å². The van der Waals surface area contributed by atoms with E-state index in [2.05, 4.69) is 18.7 Å². The average molecular weight is 250 g/mol. The fourth-order valence-electron chi connectivity index (χ4n) is 2.57. The molecule has 3 heteroatoms. The summed E-state index contributed by atoms with van der Waals surface area (Å²) in [4.78, 5) is 2.35. The Balaban J connectivity index is 2.01. The number of benzene rings is 1. The molecule has 0 bridgehead atoms. The first-order valence-corrected chi connectivity index (χ1v) is 6.73. The Hall–Kier alpha value is -1.09. The van der Waals surface area contributed by atoms with Gasteiger partial charge in [0, 0.05) is 17.8 Å². The van der Waals surface area contributed by atoms with E-state index in [9.17, 15) is 4.39 Å². The highest BCUT2D eigenvalue weighted by molar-refractivity contribution is 5.40. The summed E-state index contributed by atoms with van der Waals surface area (Å²) in [5.74, 6) is -0.182. The Bertz CT molecular complexity index is 415. The molecule has 1 aliphatic rings. The van der Waals surface area contributed by atoms with E-state index in [0.29, 0.717) is 17.6 Å². The number of hydrogen-bond donors (Lipinski definition) is 1. The highest BCUT2D eigenvalue weighted by Crippen LogP contribution is 2.30. The lowest BCUT2D eigenvalue weighted by atomic mass is 9.85. The van der Waals surface area contributed by atoms with Crippen LogP contribution in [0.5, 0.6) is 0 Å². The van der Waals surface area contributed by atoms with E-state index in [1.54, 1.807) is 12.1 Å². The Morgan fingerprint density at radius 3 is 2.78 bits per heavy atom. The Labute approximate surface area is 109 Å². The molecule has 2 nitrogen and oxygen atoms in total. The zero-order chi connectivity index (χ0) is 13.2. The minimum Gasteiger partial charge on any atom is -0.399 e. The lowest BCUT2D eigenvalue weighted by molar-refractivity contribution is 0.253. The molecule has 2 rings (SSSR count). The predicted octanol–water partition coefficient (Wildman–Crippen LogP) is 3.42.